The minimum atomic E-state index is -0.299. The van der Waals surface area contributed by atoms with Crippen LogP contribution in [0, 0.1) is 6.92 Å². The largest absolute Gasteiger partial charge is 0.399 e. The van der Waals surface area contributed by atoms with Crippen LogP contribution in [-0.4, -0.2) is 16.8 Å². The van der Waals surface area contributed by atoms with Crippen molar-refractivity contribution >= 4 is 62.6 Å². The Labute approximate surface area is 199 Å². The van der Waals surface area contributed by atoms with Crippen LogP contribution in [0.1, 0.15) is 25.6 Å². The highest BCUT2D eigenvalue weighted by Crippen LogP contribution is 2.28. The van der Waals surface area contributed by atoms with E-state index in [1.807, 2.05) is 25.1 Å². The third-order valence-electron chi connectivity index (χ3n) is 4.71. The molecule has 1 aromatic heterocycles. The van der Waals surface area contributed by atoms with Crippen LogP contribution >= 0.6 is 22.9 Å². The van der Waals surface area contributed by atoms with Gasteiger partial charge >= 0.3 is 0 Å². The van der Waals surface area contributed by atoms with E-state index in [1.54, 1.807) is 48.5 Å². The Morgan fingerprint density at radius 2 is 1.70 bits per heavy atom. The average molecular weight is 478 g/mol. The molecule has 0 bridgehead atoms. The van der Waals surface area contributed by atoms with Crippen LogP contribution in [0.5, 0.6) is 0 Å². The van der Waals surface area contributed by atoms with E-state index in [1.165, 1.54) is 17.5 Å². The summed E-state index contributed by atoms with van der Waals surface area (Å²) >= 11 is 7.39. The minimum absolute atomic E-state index is 0.265. The summed E-state index contributed by atoms with van der Waals surface area (Å²) in [4.78, 5) is 29.9. The van der Waals surface area contributed by atoms with Gasteiger partial charge in [-0.05, 0) is 55.0 Å². The number of halogens is 1. The number of nitrogen functional groups attached to an aromatic ring is 1. The van der Waals surface area contributed by atoms with Crippen molar-refractivity contribution in [3.63, 3.8) is 0 Å². The molecule has 0 spiro atoms. The van der Waals surface area contributed by atoms with Gasteiger partial charge in [0, 0.05) is 22.6 Å². The summed E-state index contributed by atoms with van der Waals surface area (Å²) in [6, 6.07) is 19.4. The zero-order valence-electron chi connectivity index (χ0n) is 17.6. The summed E-state index contributed by atoms with van der Waals surface area (Å²) in [5.74, 6) is -0.564. The van der Waals surface area contributed by atoms with E-state index < -0.39 is 0 Å². The number of thiazole rings is 1. The number of aryl methyl sites for hydroxylation is 1. The maximum absolute atomic E-state index is 12.6. The molecule has 0 aliphatic heterocycles. The molecule has 2 amide bonds. The second-order valence-electron chi connectivity index (χ2n) is 7.20. The zero-order chi connectivity index (χ0) is 23.4. The number of anilines is 5. The molecule has 0 saturated carbocycles. The number of hydrogen-bond acceptors (Lipinski definition) is 6. The van der Waals surface area contributed by atoms with Crippen molar-refractivity contribution in [2.45, 2.75) is 6.92 Å². The first-order chi connectivity index (χ1) is 15.9. The molecule has 0 saturated heterocycles. The van der Waals surface area contributed by atoms with Crippen LogP contribution in [0.25, 0.3) is 0 Å². The predicted octanol–water partition coefficient (Wildman–Crippen LogP) is 5.94. The highest BCUT2D eigenvalue weighted by Gasteiger charge is 2.14. The van der Waals surface area contributed by atoms with E-state index in [9.17, 15) is 9.59 Å². The second kappa shape index (κ2) is 9.72. The standard InChI is InChI=1S/C24H20ClN5O2S/c1-14-5-2-10-19(25)21(14)30-23(32)20-13-27-24(33-20)29-17-8-3-6-15(11-17)22(31)28-18-9-4-7-16(26)12-18/h2-13H,26H2,1H3,(H,27,29)(H,28,31)(H,30,32). The number of carbonyl (C=O) groups is 2. The van der Waals surface area contributed by atoms with Crippen LogP contribution in [0.3, 0.4) is 0 Å². The smallest absolute Gasteiger partial charge is 0.267 e. The van der Waals surface area contributed by atoms with Gasteiger partial charge in [-0.2, -0.15) is 0 Å². The minimum Gasteiger partial charge on any atom is -0.399 e. The predicted molar refractivity (Wildman–Crippen MR) is 135 cm³/mol. The molecule has 7 nitrogen and oxygen atoms in total. The topological polar surface area (TPSA) is 109 Å². The fourth-order valence-corrected chi connectivity index (χ4v) is 4.08. The molecule has 4 rings (SSSR count). The normalized spacial score (nSPS) is 10.5. The molecule has 0 atom stereocenters. The van der Waals surface area contributed by atoms with Gasteiger partial charge in [0.25, 0.3) is 11.8 Å². The van der Waals surface area contributed by atoms with Crippen LogP contribution in [0.2, 0.25) is 5.02 Å². The summed E-state index contributed by atoms with van der Waals surface area (Å²) in [6.45, 7) is 1.87. The first-order valence-corrected chi connectivity index (χ1v) is 11.1. The lowest BCUT2D eigenvalue weighted by Gasteiger charge is -2.09. The zero-order valence-corrected chi connectivity index (χ0v) is 19.1. The number of nitrogens with two attached hydrogens (primary N) is 1. The number of nitrogens with zero attached hydrogens (tertiary/aromatic N) is 1. The van der Waals surface area contributed by atoms with Crippen molar-refractivity contribution in [1.82, 2.24) is 4.98 Å². The number of aromatic nitrogens is 1. The first kappa shape index (κ1) is 22.3. The number of carbonyl (C=O) groups excluding carboxylic acids is 2. The highest BCUT2D eigenvalue weighted by molar-refractivity contribution is 7.17. The van der Waals surface area contributed by atoms with Gasteiger partial charge in [-0.3, -0.25) is 9.59 Å². The molecule has 0 aliphatic rings. The van der Waals surface area contributed by atoms with Crippen LogP contribution < -0.4 is 21.7 Å². The quantitative estimate of drug-likeness (QED) is 0.257. The molecule has 9 heteroatoms. The van der Waals surface area contributed by atoms with E-state index in [2.05, 4.69) is 20.9 Å². The van der Waals surface area contributed by atoms with Gasteiger partial charge in [0.2, 0.25) is 0 Å². The monoisotopic (exact) mass is 477 g/mol. The van der Waals surface area contributed by atoms with Crippen LogP contribution in [-0.2, 0) is 0 Å². The summed E-state index contributed by atoms with van der Waals surface area (Å²) in [5, 5.41) is 9.78. The molecule has 1 heterocycles. The van der Waals surface area contributed by atoms with Crippen molar-refractivity contribution in [3.8, 4) is 0 Å². The molecule has 166 valence electrons. The first-order valence-electron chi connectivity index (χ1n) is 9.95. The number of benzene rings is 3. The number of amides is 2. The van der Waals surface area contributed by atoms with Gasteiger partial charge in [0.15, 0.2) is 5.13 Å². The Kier molecular flexibility index (Phi) is 6.58. The van der Waals surface area contributed by atoms with Gasteiger partial charge in [0.1, 0.15) is 4.88 Å². The molecule has 4 aromatic rings. The Hall–Kier alpha value is -3.88. The van der Waals surface area contributed by atoms with Crippen molar-refractivity contribution in [2.24, 2.45) is 0 Å². The highest BCUT2D eigenvalue weighted by atomic mass is 35.5. The lowest BCUT2D eigenvalue weighted by Crippen LogP contribution is -2.12. The maximum Gasteiger partial charge on any atom is 0.267 e. The van der Waals surface area contributed by atoms with E-state index in [-0.39, 0.29) is 11.8 Å². The lowest BCUT2D eigenvalue weighted by molar-refractivity contribution is 0.102. The molecule has 0 unspecified atom stereocenters. The van der Waals surface area contributed by atoms with Crippen molar-refractivity contribution < 1.29 is 9.59 Å². The van der Waals surface area contributed by atoms with E-state index in [0.717, 1.165) is 5.56 Å². The third kappa shape index (κ3) is 5.49. The van der Waals surface area contributed by atoms with Crippen LogP contribution in [0.4, 0.5) is 27.9 Å². The van der Waals surface area contributed by atoms with Gasteiger partial charge in [-0.1, -0.05) is 47.2 Å². The third-order valence-corrected chi connectivity index (χ3v) is 5.94. The van der Waals surface area contributed by atoms with Crippen molar-refractivity contribution in [3.05, 3.63) is 94.0 Å². The lowest BCUT2D eigenvalue weighted by atomic mass is 10.2. The van der Waals surface area contributed by atoms with Crippen molar-refractivity contribution in [2.75, 3.05) is 21.7 Å². The Bertz CT molecular complexity index is 1320. The average Bonchev–Trinajstić information content (AvgIpc) is 3.25. The maximum atomic E-state index is 12.6. The SMILES string of the molecule is Cc1cccc(Cl)c1NC(=O)c1cnc(Nc2cccc(C(=O)Nc3cccc(N)c3)c2)s1. The number of para-hydroxylation sites is 1. The van der Waals surface area contributed by atoms with Gasteiger partial charge in [0.05, 0.1) is 16.9 Å². The number of rotatable bonds is 6. The fourth-order valence-electron chi connectivity index (χ4n) is 3.08. The van der Waals surface area contributed by atoms with Crippen LogP contribution in [0.15, 0.2) is 72.9 Å². The molecule has 5 N–H and O–H groups in total. The molecular formula is C24H20ClN5O2S. The fraction of sp³-hybridized carbons (Fsp3) is 0.0417. The van der Waals surface area contributed by atoms with E-state index in [0.29, 0.717) is 43.3 Å². The number of hydrogen-bond donors (Lipinski definition) is 4. The Morgan fingerprint density at radius 1 is 0.939 bits per heavy atom. The number of nitrogens with one attached hydrogen (secondary N) is 3. The summed E-state index contributed by atoms with van der Waals surface area (Å²) in [5.41, 5.74) is 9.51. The second-order valence-corrected chi connectivity index (χ2v) is 8.64. The molecule has 3 aromatic carbocycles. The van der Waals surface area contributed by atoms with E-state index >= 15 is 0 Å². The van der Waals surface area contributed by atoms with Gasteiger partial charge < -0.3 is 21.7 Å². The molecule has 0 fully saturated rings. The molecular weight excluding hydrogens is 458 g/mol. The molecule has 0 radical (unpaired) electrons. The Balaban J connectivity index is 1.44. The van der Waals surface area contributed by atoms with Gasteiger partial charge in [-0.25, -0.2) is 4.98 Å². The molecule has 33 heavy (non-hydrogen) atoms. The van der Waals surface area contributed by atoms with Gasteiger partial charge in [-0.15, -0.1) is 0 Å². The van der Waals surface area contributed by atoms with E-state index in [4.69, 9.17) is 17.3 Å². The Morgan fingerprint density at radius 3 is 2.48 bits per heavy atom. The summed E-state index contributed by atoms with van der Waals surface area (Å²) in [7, 11) is 0. The molecule has 0 aliphatic carbocycles. The van der Waals surface area contributed by atoms with Crippen molar-refractivity contribution in [1.29, 1.82) is 0 Å². The summed E-state index contributed by atoms with van der Waals surface area (Å²) < 4.78 is 0. The summed E-state index contributed by atoms with van der Waals surface area (Å²) in [6.07, 6.45) is 1.49.